The summed E-state index contributed by atoms with van der Waals surface area (Å²) in [7, 11) is -4.65. The molecule has 1 rings (SSSR count). The van der Waals surface area contributed by atoms with Gasteiger partial charge in [0.2, 0.25) is 0 Å². The minimum Gasteiger partial charge on any atom is -0.454 e. The smallest absolute Gasteiger partial charge is 0.309 e. The van der Waals surface area contributed by atoms with E-state index in [-0.39, 0.29) is 45.4 Å². The zero-order chi connectivity index (χ0) is 33.8. The van der Waals surface area contributed by atoms with Gasteiger partial charge in [0, 0.05) is 17.8 Å². The second-order valence-electron chi connectivity index (χ2n) is 16.1. The first-order chi connectivity index (χ1) is 19.3. The number of alkyl halides is 1. The van der Waals surface area contributed by atoms with E-state index in [9.17, 15) is 14.4 Å². The van der Waals surface area contributed by atoms with Crippen LogP contribution in [0.4, 0.5) is 0 Å². The standard InChI is InChI=1S/C34H61BrO6Si2/c1-23-17-16-18-24(2)30(41-43(14,15)33(7,8)9)25(3)31(38)34(10,11)28(40-42(12,13)32(4,5)6)21-29(37)39-27(20-19-23)26(36)22-35/h16,18-19,24-25,27-28,30H,17,20-22H2,1-15H3/b18-16+,23-19-/t24-,25+,27-,28-,30?/m0/s1. The largest absolute Gasteiger partial charge is 0.454 e. The molecule has 0 aliphatic carbocycles. The van der Waals surface area contributed by atoms with Crippen molar-refractivity contribution in [3.63, 3.8) is 0 Å². The normalized spacial score (nSPS) is 29.4. The van der Waals surface area contributed by atoms with Crippen LogP contribution in [0.1, 0.15) is 95.4 Å². The summed E-state index contributed by atoms with van der Waals surface area (Å²) in [5.41, 5.74) is 0.0554. The van der Waals surface area contributed by atoms with E-state index in [0.29, 0.717) is 12.8 Å². The van der Waals surface area contributed by atoms with Crippen LogP contribution in [0.15, 0.2) is 23.8 Å². The summed E-state index contributed by atoms with van der Waals surface area (Å²) >= 11 is 3.24. The molecule has 1 aliphatic heterocycles. The quantitative estimate of drug-likeness (QED) is 0.119. The van der Waals surface area contributed by atoms with E-state index in [4.69, 9.17) is 13.6 Å². The van der Waals surface area contributed by atoms with E-state index >= 15 is 0 Å². The number of rotatable bonds is 6. The highest BCUT2D eigenvalue weighted by atomic mass is 79.9. The SMILES string of the molecule is C/C1=C/C[C@@H](C(=O)CBr)OC(=O)C[C@H](O[Si](C)(C)C(C)(C)C)C(C)(C)C(=O)[C@H](C)C(O[Si](C)(C)C(C)(C)C)[C@@H](C)/C=C/C1. The van der Waals surface area contributed by atoms with Gasteiger partial charge in [0.1, 0.15) is 5.78 Å². The fraction of sp³-hybridized carbons (Fsp3) is 0.794. The van der Waals surface area contributed by atoms with Crippen LogP contribution in [0.5, 0.6) is 0 Å². The molecule has 0 aromatic rings. The van der Waals surface area contributed by atoms with Crippen LogP contribution in [0.25, 0.3) is 0 Å². The van der Waals surface area contributed by atoms with Gasteiger partial charge in [0.25, 0.3) is 0 Å². The number of ketones is 2. The molecular formula is C34H61BrO6Si2. The first-order valence-corrected chi connectivity index (χ1v) is 22.7. The molecule has 0 saturated heterocycles. The number of allylic oxidation sites excluding steroid dienone is 2. The first-order valence-electron chi connectivity index (χ1n) is 15.8. The summed E-state index contributed by atoms with van der Waals surface area (Å²) in [6, 6.07) is 0. The van der Waals surface area contributed by atoms with Crippen molar-refractivity contribution >= 4 is 50.1 Å². The molecule has 0 saturated carbocycles. The molecule has 0 aromatic carbocycles. The Labute approximate surface area is 273 Å². The van der Waals surface area contributed by atoms with Crippen molar-refractivity contribution in [2.45, 2.75) is 150 Å². The monoisotopic (exact) mass is 700 g/mol. The molecule has 0 spiro atoms. The third-order valence-electron chi connectivity index (χ3n) is 10.0. The Morgan fingerprint density at radius 2 is 1.51 bits per heavy atom. The number of carbonyl (C=O) groups is 3. The number of halogens is 1. The Morgan fingerprint density at radius 1 is 1.00 bits per heavy atom. The van der Waals surface area contributed by atoms with Gasteiger partial charge in [-0.1, -0.05) is 109 Å². The zero-order valence-electron chi connectivity index (χ0n) is 29.8. The lowest BCUT2D eigenvalue weighted by Gasteiger charge is -2.46. The molecule has 1 aliphatic rings. The number of ether oxygens (including phenoxy) is 1. The molecule has 0 N–H and O–H groups in total. The lowest BCUT2D eigenvalue weighted by Crippen LogP contribution is -2.54. The van der Waals surface area contributed by atoms with Gasteiger partial charge in [-0.3, -0.25) is 14.4 Å². The molecule has 9 heteroatoms. The highest BCUT2D eigenvalue weighted by Gasteiger charge is 2.50. The van der Waals surface area contributed by atoms with E-state index in [0.717, 1.165) is 5.57 Å². The molecule has 0 amide bonds. The average Bonchev–Trinajstić information content (AvgIpc) is 2.85. The molecule has 0 bridgehead atoms. The zero-order valence-corrected chi connectivity index (χ0v) is 33.4. The maximum absolute atomic E-state index is 14.6. The maximum Gasteiger partial charge on any atom is 0.309 e. The number of esters is 1. The van der Waals surface area contributed by atoms with Gasteiger partial charge in [-0.15, -0.1) is 0 Å². The van der Waals surface area contributed by atoms with Gasteiger partial charge in [-0.25, -0.2) is 0 Å². The van der Waals surface area contributed by atoms with Gasteiger partial charge in [-0.05, 0) is 55.5 Å². The topological polar surface area (TPSA) is 78.9 Å². The number of hydrogen-bond donors (Lipinski definition) is 0. The molecule has 5 atom stereocenters. The molecule has 1 unspecified atom stereocenters. The fourth-order valence-corrected chi connectivity index (χ4v) is 7.97. The van der Waals surface area contributed by atoms with Crippen molar-refractivity contribution in [1.82, 2.24) is 0 Å². The van der Waals surface area contributed by atoms with Crippen LogP contribution >= 0.6 is 15.9 Å². The second-order valence-corrected chi connectivity index (χ2v) is 26.2. The first kappa shape index (κ1) is 40.1. The minimum absolute atomic E-state index is 0.00391. The number of hydrogen-bond acceptors (Lipinski definition) is 6. The van der Waals surface area contributed by atoms with Crippen LogP contribution in [0, 0.1) is 17.3 Å². The maximum atomic E-state index is 14.6. The van der Waals surface area contributed by atoms with E-state index < -0.39 is 46.1 Å². The van der Waals surface area contributed by atoms with Crippen LogP contribution < -0.4 is 0 Å². The lowest BCUT2D eigenvalue weighted by molar-refractivity contribution is -0.158. The Bertz CT molecular complexity index is 1050. The van der Waals surface area contributed by atoms with E-state index in [1.807, 2.05) is 33.8 Å². The van der Waals surface area contributed by atoms with Crippen molar-refractivity contribution in [2.24, 2.45) is 17.3 Å². The predicted octanol–water partition coefficient (Wildman–Crippen LogP) is 9.20. The van der Waals surface area contributed by atoms with Crippen LogP contribution in [0.3, 0.4) is 0 Å². The van der Waals surface area contributed by atoms with E-state index in [1.54, 1.807) is 0 Å². The van der Waals surface area contributed by atoms with Crippen molar-refractivity contribution in [1.29, 1.82) is 0 Å². The summed E-state index contributed by atoms with van der Waals surface area (Å²) in [4.78, 5) is 40.8. The Balaban J connectivity index is 3.80. The van der Waals surface area contributed by atoms with Gasteiger partial charge in [0.15, 0.2) is 28.5 Å². The summed E-state index contributed by atoms with van der Waals surface area (Å²) in [6.45, 7) is 31.6. The van der Waals surface area contributed by atoms with Crippen molar-refractivity contribution < 1.29 is 28.0 Å². The molecule has 1 heterocycles. The summed E-state index contributed by atoms with van der Waals surface area (Å²) in [5, 5.41) is -0.0681. The molecule has 0 radical (unpaired) electrons. The average molecular weight is 702 g/mol. The molecular weight excluding hydrogens is 640 g/mol. The van der Waals surface area contributed by atoms with Gasteiger partial charge in [0.05, 0.1) is 24.0 Å². The highest BCUT2D eigenvalue weighted by Crippen LogP contribution is 2.44. The molecule has 0 aromatic heterocycles. The van der Waals surface area contributed by atoms with Crippen LogP contribution in [-0.2, 0) is 28.0 Å². The molecule has 6 nitrogen and oxygen atoms in total. The minimum atomic E-state index is -2.41. The second kappa shape index (κ2) is 15.1. The van der Waals surface area contributed by atoms with Crippen LogP contribution in [0.2, 0.25) is 36.3 Å². The predicted molar refractivity (Wildman–Crippen MR) is 187 cm³/mol. The Morgan fingerprint density at radius 3 is 2.00 bits per heavy atom. The third-order valence-corrected chi connectivity index (χ3v) is 19.5. The molecule has 248 valence electrons. The third kappa shape index (κ3) is 10.9. The van der Waals surface area contributed by atoms with E-state index in [1.165, 1.54) is 0 Å². The van der Waals surface area contributed by atoms with Gasteiger partial charge >= 0.3 is 5.97 Å². The number of cyclic esters (lactones) is 1. The highest BCUT2D eigenvalue weighted by molar-refractivity contribution is 9.09. The number of Topliss-reactive ketones (excluding diaryl/α,β-unsaturated/α-hetero) is 2. The molecule has 43 heavy (non-hydrogen) atoms. The van der Waals surface area contributed by atoms with Crippen LogP contribution in [-0.4, -0.2) is 57.8 Å². The van der Waals surface area contributed by atoms with Crippen molar-refractivity contribution in [3.8, 4) is 0 Å². The van der Waals surface area contributed by atoms with Gasteiger partial charge < -0.3 is 13.6 Å². The van der Waals surface area contributed by atoms with Crippen molar-refractivity contribution in [3.05, 3.63) is 23.8 Å². The molecule has 0 fully saturated rings. The Hall–Kier alpha value is -0.876. The Kier molecular flexibility index (Phi) is 14.1. The summed E-state index contributed by atoms with van der Waals surface area (Å²) in [6.07, 6.45) is 5.17. The van der Waals surface area contributed by atoms with E-state index in [2.05, 4.69) is 103 Å². The van der Waals surface area contributed by atoms with Crippen molar-refractivity contribution in [2.75, 3.05) is 5.33 Å². The lowest BCUT2D eigenvalue weighted by atomic mass is 9.73. The summed E-state index contributed by atoms with van der Waals surface area (Å²) in [5.74, 6) is -1.19. The number of carbonyl (C=O) groups excluding carboxylic acids is 3. The van der Waals surface area contributed by atoms with Gasteiger partial charge in [-0.2, -0.15) is 0 Å². The summed E-state index contributed by atoms with van der Waals surface area (Å²) < 4.78 is 19.7. The fourth-order valence-electron chi connectivity index (χ4n) is 4.71.